The highest BCUT2D eigenvalue weighted by Gasteiger charge is 2.17. The molecule has 5 nitrogen and oxygen atoms in total. The van der Waals surface area contributed by atoms with Crippen molar-refractivity contribution in [1.29, 1.82) is 0 Å². The lowest BCUT2D eigenvalue weighted by molar-refractivity contribution is -0.136. The fourth-order valence-electron chi connectivity index (χ4n) is 2.08. The molecular weight excluding hydrogens is 312 g/mol. The molecule has 0 bridgehead atoms. The number of anilines is 1. The van der Waals surface area contributed by atoms with Gasteiger partial charge in [0.1, 0.15) is 5.75 Å². The highest BCUT2D eigenvalue weighted by atomic mass is 32.1. The largest absolute Gasteiger partial charge is 0.495 e. The third-order valence-electron chi connectivity index (χ3n) is 3.41. The van der Waals surface area contributed by atoms with Gasteiger partial charge in [0, 0.05) is 17.3 Å². The number of ether oxygens (including phenoxy) is 1. The number of aryl methyl sites for hydroxylation is 1. The maximum absolute atomic E-state index is 12.0. The van der Waals surface area contributed by atoms with Crippen molar-refractivity contribution in [1.82, 2.24) is 5.32 Å². The van der Waals surface area contributed by atoms with Gasteiger partial charge in [0.15, 0.2) is 0 Å². The molecule has 0 aliphatic rings. The van der Waals surface area contributed by atoms with Crippen LogP contribution < -0.4 is 15.4 Å². The van der Waals surface area contributed by atoms with E-state index in [1.165, 1.54) is 12.0 Å². The number of amides is 2. The maximum atomic E-state index is 12.0. The lowest BCUT2D eigenvalue weighted by atomic mass is 10.1. The molecule has 1 aromatic carbocycles. The SMILES string of the molecule is COc1cc(C)ccc1NC(=O)C(=O)NC[C@@H](C)c1cccs1. The van der Waals surface area contributed by atoms with Crippen LogP contribution in [0.1, 0.15) is 23.3 Å². The molecular formula is C17H20N2O3S. The van der Waals surface area contributed by atoms with E-state index in [2.05, 4.69) is 10.6 Å². The number of rotatable bonds is 5. The lowest BCUT2D eigenvalue weighted by Crippen LogP contribution is -2.37. The molecule has 2 rings (SSSR count). The van der Waals surface area contributed by atoms with Gasteiger partial charge >= 0.3 is 11.8 Å². The van der Waals surface area contributed by atoms with Gasteiger partial charge in [-0.15, -0.1) is 11.3 Å². The zero-order chi connectivity index (χ0) is 16.8. The van der Waals surface area contributed by atoms with Crippen molar-refractivity contribution in [2.75, 3.05) is 19.0 Å². The number of methoxy groups -OCH3 is 1. The van der Waals surface area contributed by atoms with Gasteiger partial charge in [-0.25, -0.2) is 0 Å². The summed E-state index contributed by atoms with van der Waals surface area (Å²) < 4.78 is 5.21. The highest BCUT2D eigenvalue weighted by Crippen LogP contribution is 2.25. The summed E-state index contributed by atoms with van der Waals surface area (Å²) in [6.45, 7) is 4.34. The topological polar surface area (TPSA) is 67.4 Å². The smallest absolute Gasteiger partial charge is 0.313 e. The van der Waals surface area contributed by atoms with E-state index in [-0.39, 0.29) is 5.92 Å². The first-order chi connectivity index (χ1) is 11.0. The fourth-order valence-corrected chi connectivity index (χ4v) is 2.87. The molecule has 0 fully saturated rings. The van der Waals surface area contributed by atoms with Crippen molar-refractivity contribution in [3.63, 3.8) is 0 Å². The molecule has 1 heterocycles. The minimum atomic E-state index is -0.703. The second-order valence-electron chi connectivity index (χ2n) is 5.28. The van der Waals surface area contributed by atoms with Crippen LogP contribution in [0.5, 0.6) is 5.75 Å². The predicted octanol–water partition coefficient (Wildman–Crippen LogP) is 2.92. The van der Waals surface area contributed by atoms with Crippen LogP contribution in [0.2, 0.25) is 0 Å². The molecule has 0 saturated carbocycles. The van der Waals surface area contributed by atoms with Crippen LogP contribution in [0.4, 0.5) is 5.69 Å². The summed E-state index contributed by atoms with van der Waals surface area (Å²) in [6.07, 6.45) is 0. The molecule has 23 heavy (non-hydrogen) atoms. The second kappa shape index (κ2) is 7.78. The number of benzene rings is 1. The Balaban J connectivity index is 1.91. The monoisotopic (exact) mass is 332 g/mol. The Bertz CT molecular complexity index is 683. The molecule has 6 heteroatoms. The van der Waals surface area contributed by atoms with Crippen molar-refractivity contribution in [2.24, 2.45) is 0 Å². The van der Waals surface area contributed by atoms with Crippen LogP contribution in [0.3, 0.4) is 0 Å². The molecule has 0 aliphatic heterocycles. The average Bonchev–Trinajstić information content (AvgIpc) is 3.08. The molecule has 0 aliphatic carbocycles. The van der Waals surface area contributed by atoms with Crippen molar-refractivity contribution in [3.05, 3.63) is 46.2 Å². The summed E-state index contributed by atoms with van der Waals surface area (Å²) in [4.78, 5) is 25.1. The van der Waals surface area contributed by atoms with E-state index in [0.717, 1.165) is 5.56 Å². The molecule has 2 N–H and O–H groups in total. The van der Waals surface area contributed by atoms with E-state index in [1.807, 2.05) is 37.4 Å². The fraction of sp³-hybridized carbons (Fsp3) is 0.294. The normalized spacial score (nSPS) is 11.6. The lowest BCUT2D eigenvalue weighted by Gasteiger charge is -2.12. The zero-order valence-electron chi connectivity index (χ0n) is 13.4. The summed E-state index contributed by atoms with van der Waals surface area (Å²) in [6, 6.07) is 9.34. The predicted molar refractivity (Wildman–Crippen MR) is 92.1 cm³/mol. The summed E-state index contributed by atoms with van der Waals surface area (Å²) in [5, 5.41) is 7.22. The van der Waals surface area contributed by atoms with E-state index in [1.54, 1.807) is 23.5 Å². The number of thiophene rings is 1. The van der Waals surface area contributed by atoms with Crippen molar-refractivity contribution in [3.8, 4) is 5.75 Å². The minimum Gasteiger partial charge on any atom is -0.495 e. The van der Waals surface area contributed by atoms with Crippen LogP contribution >= 0.6 is 11.3 Å². The van der Waals surface area contributed by atoms with Gasteiger partial charge in [-0.05, 0) is 36.1 Å². The van der Waals surface area contributed by atoms with Crippen LogP contribution in [0.15, 0.2) is 35.7 Å². The second-order valence-corrected chi connectivity index (χ2v) is 6.26. The van der Waals surface area contributed by atoms with Crippen LogP contribution in [0.25, 0.3) is 0 Å². The zero-order valence-corrected chi connectivity index (χ0v) is 14.2. The molecule has 0 unspecified atom stereocenters. The Morgan fingerprint density at radius 2 is 2.04 bits per heavy atom. The van der Waals surface area contributed by atoms with E-state index < -0.39 is 11.8 Å². The summed E-state index contributed by atoms with van der Waals surface area (Å²) in [5.41, 5.74) is 1.48. The summed E-state index contributed by atoms with van der Waals surface area (Å²) >= 11 is 1.63. The summed E-state index contributed by atoms with van der Waals surface area (Å²) in [7, 11) is 1.52. The average molecular weight is 332 g/mol. The van der Waals surface area contributed by atoms with E-state index in [4.69, 9.17) is 4.74 Å². The highest BCUT2D eigenvalue weighted by molar-refractivity contribution is 7.10. The van der Waals surface area contributed by atoms with Crippen molar-refractivity contribution < 1.29 is 14.3 Å². The van der Waals surface area contributed by atoms with Crippen LogP contribution in [-0.4, -0.2) is 25.5 Å². The first-order valence-corrected chi connectivity index (χ1v) is 8.16. The van der Waals surface area contributed by atoms with Gasteiger partial charge in [0.25, 0.3) is 0 Å². The summed E-state index contributed by atoms with van der Waals surface area (Å²) in [5.74, 6) is -0.666. The van der Waals surface area contributed by atoms with Crippen LogP contribution in [0, 0.1) is 6.92 Å². The number of hydrogen-bond acceptors (Lipinski definition) is 4. The third kappa shape index (κ3) is 4.56. The molecule has 0 radical (unpaired) electrons. The Labute approximate surface area is 139 Å². The van der Waals surface area contributed by atoms with Gasteiger partial charge in [0.05, 0.1) is 12.8 Å². The number of hydrogen-bond donors (Lipinski definition) is 2. The number of carbonyl (C=O) groups excluding carboxylic acids is 2. The molecule has 1 atom stereocenters. The number of nitrogens with one attached hydrogen (secondary N) is 2. The molecule has 2 aromatic rings. The van der Waals surface area contributed by atoms with Crippen LogP contribution in [-0.2, 0) is 9.59 Å². The van der Waals surface area contributed by atoms with E-state index >= 15 is 0 Å². The van der Waals surface area contributed by atoms with Crippen molar-refractivity contribution in [2.45, 2.75) is 19.8 Å². The van der Waals surface area contributed by atoms with Crippen molar-refractivity contribution >= 4 is 28.8 Å². The van der Waals surface area contributed by atoms with Gasteiger partial charge < -0.3 is 15.4 Å². The Morgan fingerprint density at radius 1 is 1.26 bits per heavy atom. The minimum absolute atomic E-state index is 0.167. The molecule has 1 aromatic heterocycles. The van der Waals surface area contributed by atoms with Gasteiger partial charge in [-0.2, -0.15) is 0 Å². The molecule has 0 saturated heterocycles. The molecule has 0 spiro atoms. The quantitative estimate of drug-likeness (QED) is 0.827. The Kier molecular flexibility index (Phi) is 5.76. The first kappa shape index (κ1) is 17.0. The van der Waals surface area contributed by atoms with Gasteiger partial charge in [-0.3, -0.25) is 9.59 Å². The Hall–Kier alpha value is -2.34. The standard InChI is InChI=1S/C17H20N2O3S/c1-11-6-7-13(14(9-11)22-3)19-17(21)16(20)18-10-12(2)15-5-4-8-23-15/h4-9,12H,10H2,1-3H3,(H,18,20)(H,19,21)/t12-/m1/s1. The van der Waals surface area contributed by atoms with E-state index in [0.29, 0.717) is 18.0 Å². The maximum Gasteiger partial charge on any atom is 0.313 e. The van der Waals surface area contributed by atoms with E-state index in [9.17, 15) is 9.59 Å². The number of carbonyl (C=O) groups is 2. The van der Waals surface area contributed by atoms with Gasteiger partial charge in [-0.1, -0.05) is 19.1 Å². The first-order valence-electron chi connectivity index (χ1n) is 7.28. The molecule has 2 amide bonds. The van der Waals surface area contributed by atoms with Gasteiger partial charge in [0.2, 0.25) is 0 Å². The molecule has 122 valence electrons. The Morgan fingerprint density at radius 3 is 2.70 bits per heavy atom. The third-order valence-corrected chi connectivity index (χ3v) is 4.51.